The lowest BCUT2D eigenvalue weighted by atomic mass is 10.2. The second-order valence-corrected chi connectivity index (χ2v) is 8.99. The number of rotatable bonds is 5. The smallest absolute Gasteiger partial charge is 0.274 e. The number of pyridine rings is 1. The largest absolute Gasteiger partial charge is 0.321 e. The molecule has 0 spiro atoms. The molecule has 0 radical (unpaired) electrons. The molecule has 2 amide bonds. The summed E-state index contributed by atoms with van der Waals surface area (Å²) in [5.74, 6) is -0.896. The van der Waals surface area contributed by atoms with E-state index in [9.17, 15) is 18.0 Å². The van der Waals surface area contributed by atoms with Crippen LogP contribution < -0.4 is 10.6 Å². The van der Waals surface area contributed by atoms with Crippen molar-refractivity contribution < 1.29 is 18.0 Å². The van der Waals surface area contributed by atoms with Crippen molar-refractivity contribution in [2.45, 2.75) is 11.8 Å². The first-order valence-electron chi connectivity index (χ1n) is 8.79. The van der Waals surface area contributed by atoms with Crippen LogP contribution in [-0.2, 0) is 9.84 Å². The number of carbonyl (C=O) groups is 2. The summed E-state index contributed by atoms with van der Waals surface area (Å²) in [4.78, 5) is 29.0. The first-order chi connectivity index (χ1) is 14.1. The van der Waals surface area contributed by atoms with Gasteiger partial charge in [0.15, 0.2) is 9.84 Å². The molecule has 30 heavy (non-hydrogen) atoms. The molecule has 0 aliphatic carbocycles. The minimum absolute atomic E-state index is 0.0454. The predicted molar refractivity (Wildman–Crippen MR) is 116 cm³/mol. The van der Waals surface area contributed by atoms with Gasteiger partial charge in [-0.15, -0.1) is 0 Å². The van der Waals surface area contributed by atoms with Crippen molar-refractivity contribution in [3.8, 4) is 0 Å². The summed E-state index contributed by atoms with van der Waals surface area (Å²) in [6, 6.07) is 15.5. The minimum atomic E-state index is -3.43. The van der Waals surface area contributed by atoms with Crippen molar-refractivity contribution >= 4 is 44.6 Å². The molecule has 0 saturated heterocycles. The van der Waals surface area contributed by atoms with Crippen molar-refractivity contribution in [3.05, 3.63) is 82.6 Å². The molecule has 3 rings (SSSR count). The molecule has 9 heteroatoms. The van der Waals surface area contributed by atoms with E-state index in [-0.39, 0.29) is 27.1 Å². The molecule has 1 heterocycles. The molecule has 0 aliphatic rings. The Labute approximate surface area is 179 Å². The number of amides is 2. The minimum Gasteiger partial charge on any atom is -0.321 e. The number of nitrogens with zero attached hydrogens (tertiary/aromatic N) is 1. The Morgan fingerprint density at radius 2 is 1.67 bits per heavy atom. The number of nitrogens with one attached hydrogen (secondary N) is 2. The third-order valence-corrected chi connectivity index (χ3v) is 5.54. The third kappa shape index (κ3) is 5.22. The summed E-state index contributed by atoms with van der Waals surface area (Å²) in [7, 11) is -3.43. The van der Waals surface area contributed by atoms with Gasteiger partial charge in [0.25, 0.3) is 11.8 Å². The van der Waals surface area contributed by atoms with Crippen LogP contribution in [0.4, 0.5) is 11.4 Å². The van der Waals surface area contributed by atoms with Gasteiger partial charge in [-0.1, -0.05) is 23.7 Å². The molecule has 0 fully saturated rings. The average molecular weight is 444 g/mol. The Balaban J connectivity index is 1.74. The second kappa shape index (κ2) is 8.64. The number of benzene rings is 2. The molecule has 0 unspecified atom stereocenters. The molecule has 2 aromatic carbocycles. The highest BCUT2D eigenvalue weighted by Crippen LogP contribution is 2.26. The predicted octanol–water partition coefficient (Wildman–Crippen LogP) is 3.95. The van der Waals surface area contributed by atoms with Gasteiger partial charge >= 0.3 is 0 Å². The SMILES string of the molecule is Cc1cccc(C(=O)Nc2ccc(NC(=O)c3cccc(S(C)(=O)=O)c3)c(Cl)c2)n1. The number of aromatic nitrogens is 1. The lowest BCUT2D eigenvalue weighted by Gasteiger charge is -2.11. The Morgan fingerprint density at radius 3 is 2.33 bits per heavy atom. The fourth-order valence-corrected chi connectivity index (χ4v) is 3.52. The maximum absolute atomic E-state index is 12.5. The molecular formula is C21H18ClN3O4S. The van der Waals surface area contributed by atoms with Crippen molar-refractivity contribution in [3.63, 3.8) is 0 Å². The fraction of sp³-hybridized carbons (Fsp3) is 0.0952. The summed E-state index contributed by atoms with van der Waals surface area (Å²) in [6.45, 7) is 1.79. The van der Waals surface area contributed by atoms with E-state index >= 15 is 0 Å². The van der Waals surface area contributed by atoms with E-state index in [1.54, 1.807) is 37.3 Å². The molecule has 2 N–H and O–H groups in total. The van der Waals surface area contributed by atoms with Gasteiger partial charge < -0.3 is 10.6 Å². The number of sulfone groups is 1. The quantitative estimate of drug-likeness (QED) is 0.621. The maximum atomic E-state index is 12.5. The highest BCUT2D eigenvalue weighted by molar-refractivity contribution is 7.90. The van der Waals surface area contributed by atoms with Gasteiger partial charge in [0.05, 0.1) is 15.6 Å². The molecule has 0 atom stereocenters. The normalized spacial score (nSPS) is 11.0. The number of hydrogen-bond donors (Lipinski definition) is 2. The van der Waals surface area contributed by atoms with Crippen LogP contribution in [-0.4, -0.2) is 31.5 Å². The van der Waals surface area contributed by atoms with E-state index in [0.29, 0.717) is 11.4 Å². The van der Waals surface area contributed by atoms with E-state index in [1.807, 2.05) is 0 Å². The van der Waals surface area contributed by atoms with E-state index in [0.717, 1.165) is 11.9 Å². The summed E-state index contributed by atoms with van der Waals surface area (Å²) >= 11 is 6.24. The maximum Gasteiger partial charge on any atom is 0.274 e. The van der Waals surface area contributed by atoms with Gasteiger partial charge in [0, 0.05) is 23.2 Å². The first kappa shape index (κ1) is 21.5. The van der Waals surface area contributed by atoms with Gasteiger partial charge in [-0.3, -0.25) is 9.59 Å². The lowest BCUT2D eigenvalue weighted by Crippen LogP contribution is -2.15. The van der Waals surface area contributed by atoms with Crippen LogP contribution in [0.15, 0.2) is 65.6 Å². The molecular weight excluding hydrogens is 426 g/mol. The molecule has 7 nitrogen and oxygen atoms in total. The number of aryl methyl sites for hydroxylation is 1. The summed E-state index contributed by atoms with van der Waals surface area (Å²) in [6.07, 6.45) is 1.07. The molecule has 154 valence electrons. The van der Waals surface area contributed by atoms with Crippen LogP contribution >= 0.6 is 11.6 Å². The molecule has 3 aromatic rings. The van der Waals surface area contributed by atoms with Crippen LogP contribution in [0, 0.1) is 6.92 Å². The summed E-state index contributed by atoms with van der Waals surface area (Å²) in [5.41, 5.74) is 1.92. The Kier molecular flexibility index (Phi) is 6.19. The monoisotopic (exact) mass is 443 g/mol. The van der Waals surface area contributed by atoms with E-state index in [4.69, 9.17) is 11.6 Å². The van der Waals surface area contributed by atoms with Gasteiger partial charge in [-0.05, 0) is 55.5 Å². The lowest BCUT2D eigenvalue weighted by molar-refractivity contribution is 0.101. The Bertz CT molecular complexity index is 1240. The standard InChI is InChI=1S/C21H18ClN3O4S/c1-13-5-3-8-19(23-13)21(27)24-15-9-10-18(17(22)12-15)25-20(26)14-6-4-7-16(11-14)30(2,28)29/h3-12H,1-2H3,(H,24,27)(H,25,26). The zero-order valence-electron chi connectivity index (χ0n) is 16.1. The van der Waals surface area contributed by atoms with Gasteiger partial charge in [0.2, 0.25) is 0 Å². The van der Waals surface area contributed by atoms with Crippen LogP contribution in [0.2, 0.25) is 5.02 Å². The first-order valence-corrected chi connectivity index (χ1v) is 11.1. The summed E-state index contributed by atoms with van der Waals surface area (Å²) < 4.78 is 23.4. The van der Waals surface area contributed by atoms with Gasteiger partial charge in [-0.2, -0.15) is 0 Å². The zero-order chi connectivity index (χ0) is 21.9. The van der Waals surface area contributed by atoms with Crippen LogP contribution in [0.1, 0.15) is 26.5 Å². The van der Waals surface area contributed by atoms with Gasteiger partial charge in [-0.25, -0.2) is 13.4 Å². The van der Waals surface area contributed by atoms with Crippen molar-refractivity contribution in [1.82, 2.24) is 4.98 Å². The average Bonchev–Trinajstić information content (AvgIpc) is 2.69. The Morgan fingerprint density at radius 1 is 0.933 bits per heavy atom. The van der Waals surface area contributed by atoms with Crippen molar-refractivity contribution in [2.24, 2.45) is 0 Å². The van der Waals surface area contributed by atoms with E-state index < -0.39 is 15.7 Å². The molecule has 0 bridgehead atoms. The number of carbonyl (C=O) groups excluding carboxylic acids is 2. The van der Waals surface area contributed by atoms with E-state index in [2.05, 4.69) is 15.6 Å². The van der Waals surface area contributed by atoms with Crippen LogP contribution in [0.25, 0.3) is 0 Å². The fourth-order valence-electron chi connectivity index (χ4n) is 2.62. The summed E-state index contributed by atoms with van der Waals surface area (Å²) in [5, 5.41) is 5.54. The highest BCUT2D eigenvalue weighted by Gasteiger charge is 2.14. The zero-order valence-corrected chi connectivity index (χ0v) is 17.7. The van der Waals surface area contributed by atoms with Crippen molar-refractivity contribution in [1.29, 1.82) is 0 Å². The molecule has 0 aliphatic heterocycles. The number of anilines is 2. The molecule has 0 saturated carbocycles. The van der Waals surface area contributed by atoms with E-state index in [1.165, 1.54) is 30.3 Å². The number of hydrogen-bond acceptors (Lipinski definition) is 5. The number of halogens is 1. The van der Waals surface area contributed by atoms with Crippen LogP contribution in [0.3, 0.4) is 0 Å². The highest BCUT2D eigenvalue weighted by atomic mass is 35.5. The third-order valence-electron chi connectivity index (χ3n) is 4.12. The van der Waals surface area contributed by atoms with Gasteiger partial charge in [0.1, 0.15) is 5.69 Å². The second-order valence-electron chi connectivity index (χ2n) is 6.57. The van der Waals surface area contributed by atoms with Crippen molar-refractivity contribution in [2.75, 3.05) is 16.9 Å². The van der Waals surface area contributed by atoms with Crippen LogP contribution in [0.5, 0.6) is 0 Å². The Hall–Kier alpha value is -3.23. The molecule has 1 aromatic heterocycles. The topological polar surface area (TPSA) is 105 Å².